The molecule has 0 aliphatic rings. The maximum absolute atomic E-state index is 12.7. The Bertz CT molecular complexity index is 961. The molecule has 2 aromatic carbocycles. The van der Waals surface area contributed by atoms with Crippen LogP contribution in [0.15, 0.2) is 48.5 Å². The van der Waals surface area contributed by atoms with E-state index in [1.165, 1.54) is 0 Å². The number of aromatic amines is 1. The zero-order chi connectivity index (χ0) is 19.4. The van der Waals surface area contributed by atoms with Crippen molar-refractivity contribution < 1.29 is 9.59 Å². The van der Waals surface area contributed by atoms with Crippen LogP contribution >= 0.6 is 11.6 Å². The summed E-state index contributed by atoms with van der Waals surface area (Å²) in [7, 11) is 0. The highest BCUT2D eigenvalue weighted by atomic mass is 35.5. The topological polar surface area (TPSA) is 74.0 Å². The summed E-state index contributed by atoms with van der Waals surface area (Å²) in [5.41, 5.74) is 2.09. The lowest BCUT2D eigenvalue weighted by molar-refractivity contribution is 0.0948. The number of hydrogen-bond acceptors (Lipinski definition) is 2. The Morgan fingerprint density at radius 2 is 1.74 bits per heavy atom. The smallest absolute Gasteiger partial charge is 0.269 e. The van der Waals surface area contributed by atoms with Crippen molar-refractivity contribution >= 4 is 40.0 Å². The summed E-state index contributed by atoms with van der Waals surface area (Å²) < 4.78 is 0. The van der Waals surface area contributed by atoms with Crippen LogP contribution < -0.4 is 10.6 Å². The molecule has 0 unspecified atom stereocenters. The molecule has 3 rings (SSSR count). The highest BCUT2D eigenvalue weighted by molar-refractivity contribution is 6.30. The van der Waals surface area contributed by atoms with E-state index in [0.29, 0.717) is 34.4 Å². The van der Waals surface area contributed by atoms with Crippen molar-refractivity contribution in [2.45, 2.75) is 20.3 Å². The van der Waals surface area contributed by atoms with Gasteiger partial charge in [-0.05, 0) is 42.7 Å². The molecule has 0 bridgehead atoms. The number of anilines is 1. The van der Waals surface area contributed by atoms with Crippen molar-refractivity contribution in [1.29, 1.82) is 0 Å². The fourth-order valence-electron chi connectivity index (χ4n) is 2.79. The quantitative estimate of drug-likeness (QED) is 0.569. The van der Waals surface area contributed by atoms with E-state index in [9.17, 15) is 9.59 Å². The minimum Gasteiger partial charge on any atom is -0.351 e. The van der Waals surface area contributed by atoms with E-state index >= 15 is 0 Å². The number of fused-ring (bicyclic) bond motifs is 1. The minimum absolute atomic E-state index is 0.238. The predicted octanol–water partition coefficient (Wildman–Crippen LogP) is 4.85. The Kier molecular flexibility index (Phi) is 5.81. The van der Waals surface area contributed by atoms with E-state index in [1.807, 2.05) is 24.3 Å². The van der Waals surface area contributed by atoms with Crippen molar-refractivity contribution in [3.8, 4) is 0 Å². The average Bonchev–Trinajstić information content (AvgIpc) is 3.00. The number of rotatable bonds is 6. The molecule has 1 aromatic heterocycles. The fourth-order valence-corrected chi connectivity index (χ4v) is 2.92. The zero-order valence-corrected chi connectivity index (χ0v) is 16.1. The summed E-state index contributed by atoms with van der Waals surface area (Å²) in [6, 6.07) is 14.1. The average molecular weight is 384 g/mol. The van der Waals surface area contributed by atoms with Crippen LogP contribution in [0.2, 0.25) is 5.02 Å². The van der Waals surface area contributed by atoms with Gasteiger partial charge in [0.25, 0.3) is 11.8 Å². The molecule has 0 atom stereocenters. The summed E-state index contributed by atoms with van der Waals surface area (Å²) in [5, 5.41) is 7.13. The lowest BCUT2D eigenvalue weighted by atomic mass is 10.1. The van der Waals surface area contributed by atoms with Crippen molar-refractivity contribution in [2.24, 2.45) is 5.92 Å². The molecule has 0 aliphatic carbocycles. The van der Waals surface area contributed by atoms with E-state index in [1.54, 1.807) is 24.3 Å². The molecule has 0 fully saturated rings. The van der Waals surface area contributed by atoms with Gasteiger partial charge in [0.05, 0.1) is 5.69 Å². The Morgan fingerprint density at radius 1 is 1.04 bits per heavy atom. The summed E-state index contributed by atoms with van der Waals surface area (Å²) in [6.45, 7) is 4.79. The maximum Gasteiger partial charge on any atom is 0.269 e. The third kappa shape index (κ3) is 4.49. The van der Waals surface area contributed by atoms with E-state index in [-0.39, 0.29) is 11.8 Å². The van der Waals surface area contributed by atoms with Gasteiger partial charge >= 0.3 is 0 Å². The van der Waals surface area contributed by atoms with Gasteiger partial charge in [-0.2, -0.15) is 0 Å². The van der Waals surface area contributed by atoms with E-state index < -0.39 is 0 Å². The predicted molar refractivity (Wildman–Crippen MR) is 109 cm³/mol. The largest absolute Gasteiger partial charge is 0.351 e. The van der Waals surface area contributed by atoms with Crippen LogP contribution in [0, 0.1) is 5.92 Å². The second-order valence-electron chi connectivity index (χ2n) is 6.82. The first kappa shape index (κ1) is 19.0. The molecule has 0 saturated carbocycles. The van der Waals surface area contributed by atoms with Gasteiger partial charge < -0.3 is 15.6 Å². The van der Waals surface area contributed by atoms with Crippen molar-refractivity contribution in [2.75, 3.05) is 11.9 Å². The first-order valence-electron chi connectivity index (χ1n) is 8.91. The lowest BCUT2D eigenvalue weighted by Crippen LogP contribution is -2.27. The van der Waals surface area contributed by atoms with Gasteiger partial charge in [-0.1, -0.05) is 43.6 Å². The van der Waals surface area contributed by atoms with Crippen LogP contribution in [0.5, 0.6) is 0 Å². The molecule has 0 radical (unpaired) electrons. The SMILES string of the molecule is CC(C)CCNC(=O)c1[nH]c2ccccc2c1NC(=O)c1ccc(Cl)cc1. The third-order valence-electron chi connectivity index (χ3n) is 4.29. The zero-order valence-electron chi connectivity index (χ0n) is 15.3. The van der Waals surface area contributed by atoms with E-state index in [0.717, 1.165) is 17.3 Å². The second-order valence-corrected chi connectivity index (χ2v) is 7.26. The number of aromatic nitrogens is 1. The molecule has 0 spiro atoms. The number of halogens is 1. The number of H-pyrrole nitrogens is 1. The van der Waals surface area contributed by atoms with Crippen LogP contribution in [0.1, 0.15) is 41.1 Å². The van der Waals surface area contributed by atoms with Crippen molar-refractivity contribution in [1.82, 2.24) is 10.3 Å². The molecule has 1 heterocycles. The Labute approximate surface area is 163 Å². The number of nitrogens with one attached hydrogen (secondary N) is 3. The first-order chi connectivity index (χ1) is 13.0. The molecule has 3 N–H and O–H groups in total. The first-order valence-corrected chi connectivity index (χ1v) is 9.29. The number of benzene rings is 2. The molecule has 2 amide bonds. The fraction of sp³-hybridized carbons (Fsp3) is 0.238. The molecular weight excluding hydrogens is 362 g/mol. The van der Waals surface area contributed by atoms with Gasteiger partial charge in [0.1, 0.15) is 5.69 Å². The molecule has 6 heteroatoms. The van der Waals surface area contributed by atoms with Gasteiger partial charge in [-0.15, -0.1) is 0 Å². The van der Waals surface area contributed by atoms with Crippen molar-refractivity contribution in [3.63, 3.8) is 0 Å². The summed E-state index contributed by atoms with van der Waals surface area (Å²) in [5.74, 6) is -0.0389. The molecule has 0 saturated heterocycles. The highest BCUT2D eigenvalue weighted by Gasteiger charge is 2.20. The molecule has 0 aliphatic heterocycles. The third-order valence-corrected chi connectivity index (χ3v) is 4.54. The molecule has 3 aromatic rings. The normalized spacial score (nSPS) is 11.0. The van der Waals surface area contributed by atoms with Crippen LogP contribution in [-0.2, 0) is 0 Å². The lowest BCUT2D eigenvalue weighted by Gasteiger charge is -2.09. The molecular formula is C21H22ClN3O2. The maximum atomic E-state index is 12.7. The standard InChI is InChI=1S/C21H22ClN3O2/c1-13(2)11-12-23-21(27)19-18(16-5-3-4-6-17(16)24-19)25-20(26)14-7-9-15(22)10-8-14/h3-10,13,24H,11-12H2,1-2H3,(H,23,27)(H,25,26). The Hall–Kier alpha value is -2.79. The van der Waals surface area contributed by atoms with Gasteiger partial charge in [0.15, 0.2) is 0 Å². The number of para-hydroxylation sites is 1. The van der Waals surface area contributed by atoms with Crippen molar-refractivity contribution in [3.05, 3.63) is 64.8 Å². The Balaban J connectivity index is 1.89. The second kappa shape index (κ2) is 8.27. The summed E-state index contributed by atoms with van der Waals surface area (Å²) in [4.78, 5) is 28.4. The number of hydrogen-bond donors (Lipinski definition) is 3. The van der Waals surface area contributed by atoms with Crippen LogP contribution in [-0.4, -0.2) is 23.3 Å². The molecule has 140 valence electrons. The summed E-state index contributed by atoms with van der Waals surface area (Å²) >= 11 is 5.89. The molecule has 5 nitrogen and oxygen atoms in total. The highest BCUT2D eigenvalue weighted by Crippen LogP contribution is 2.28. The monoisotopic (exact) mass is 383 g/mol. The minimum atomic E-state index is -0.298. The van der Waals surface area contributed by atoms with E-state index in [2.05, 4.69) is 29.5 Å². The number of carbonyl (C=O) groups is 2. The van der Waals surface area contributed by atoms with E-state index in [4.69, 9.17) is 11.6 Å². The number of carbonyl (C=O) groups excluding carboxylic acids is 2. The molecule has 27 heavy (non-hydrogen) atoms. The summed E-state index contributed by atoms with van der Waals surface area (Å²) in [6.07, 6.45) is 0.887. The van der Waals surface area contributed by atoms with Gasteiger partial charge in [0.2, 0.25) is 0 Å². The van der Waals surface area contributed by atoms with Gasteiger partial charge in [-0.3, -0.25) is 9.59 Å². The number of amides is 2. The van der Waals surface area contributed by atoms with Crippen LogP contribution in [0.4, 0.5) is 5.69 Å². The van der Waals surface area contributed by atoms with Gasteiger partial charge in [-0.25, -0.2) is 0 Å². The Morgan fingerprint density at radius 3 is 2.44 bits per heavy atom. The van der Waals surface area contributed by atoms with Gasteiger partial charge in [0, 0.05) is 28.0 Å². The van der Waals surface area contributed by atoms with Crippen LogP contribution in [0.3, 0.4) is 0 Å². The van der Waals surface area contributed by atoms with Crippen LogP contribution in [0.25, 0.3) is 10.9 Å².